The molecule has 0 fully saturated rings. The lowest BCUT2D eigenvalue weighted by atomic mass is 10.2. The molecule has 0 unspecified atom stereocenters. The number of aryl methyl sites for hydroxylation is 1. The van der Waals surface area contributed by atoms with Crippen LogP contribution in [0.15, 0.2) is 65.1 Å². The van der Waals surface area contributed by atoms with Gasteiger partial charge in [0.1, 0.15) is 18.1 Å². The molecule has 3 aromatic rings. The van der Waals surface area contributed by atoms with Crippen molar-refractivity contribution in [1.29, 1.82) is 0 Å². The van der Waals surface area contributed by atoms with Gasteiger partial charge in [-0.05, 0) is 55.5 Å². The third kappa shape index (κ3) is 4.18. The second-order valence-corrected chi connectivity index (χ2v) is 5.77. The van der Waals surface area contributed by atoms with Gasteiger partial charge >= 0.3 is 0 Å². The van der Waals surface area contributed by atoms with E-state index in [9.17, 15) is 4.79 Å². The van der Waals surface area contributed by atoms with Crippen LogP contribution < -0.4 is 10.1 Å². The highest BCUT2D eigenvalue weighted by atomic mass is 35.5. The molecule has 1 amide bonds. The summed E-state index contributed by atoms with van der Waals surface area (Å²) in [7, 11) is 0. The highest BCUT2D eigenvalue weighted by Crippen LogP contribution is 2.18. The van der Waals surface area contributed by atoms with Gasteiger partial charge < -0.3 is 14.5 Å². The Kier molecular flexibility index (Phi) is 4.87. The molecule has 0 aliphatic heterocycles. The molecule has 0 radical (unpaired) electrons. The van der Waals surface area contributed by atoms with E-state index >= 15 is 0 Å². The van der Waals surface area contributed by atoms with Crippen LogP contribution in [0.2, 0.25) is 5.02 Å². The van der Waals surface area contributed by atoms with Gasteiger partial charge in [-0.2, -0.15) is 0 Å². The molecule has 0 aliphatic rings. The van der Waals surface area contributed by atoms with Gasteiger partial charge in [-0.15, -0.1) is 0 Å². The zero-order valence-electron chi connectivity index (χ0n) is 13.1. The van der Waals surface area contributed by atoms with Gasteiger partial charge in [0.2, 0.25) is 0 Å². The van der Waals surface area contributed by atoms with Crippen LogP contribution in [0.4, 0.5) is 5.69 Å². The second-order valence-electron chi connectivity index (χ2n) is 5.33. The number of carbonyl (C=O) groups excluding carboxylic acids is 1. The van der Waals surface area contributed by atoms with Crippen molar-refractivity contribution in [3.63, 3.8) is 0 Å². The Morgan fingerprint density at radius 2 is 1.75 bits per heavy atom. The first-order valence-corrected chi connectivity index (χ1v) is 7.83. The summed E-state index contributed by atoms with van der Waals surface area (Å²) in [6.45, 7) is 2.23. The molecule has 24 heavy (non-hydrogen) atoms. The van der Waals surface area contributed by atoms with E-state index in [1.807, 2.05) is 31.2 Å². The van der Waals surface area contributed by atoms with Crippen LogP contribution in [0.3, 0.4) is 0 Å². The van der Waals surface area contributed by atoms with Crippen LogP contribution in [-0.2, 0) is 6.61 Å². The van der Waals surface area contributed by atoms with Gasteiger partial charge in [0.05, 0.1) is 0 Å². The number of halogens is 1. The van der Waals surface area contributed by atoms with Crippen molar-refractivity contribution in [2.24, 2.45) is 0 Å². The lowest BCUT2D eigenvalue weighted by Crippen LogP contribution is -2.10. The molecule has 5 heteroatoms. The minimum Gasteiger partial charge on any atom is -0.486 e. The normalized spacial score (nSPS) is 10.4. The summed E-state index contributed by atoms with van der Waals surface area (Å²) < 4.78 is 11.1. The van der Waals surface area contributed by atoms with E-state index in [0.717, 1.165) is 11.3 Å². The Morgan fingerprint density at radius 3 is 2.46 bits per heavy atom. The number of rotatable bonds is 5. The number of hydrogen-bond acceptors (Lipinski definition) is 3. The zero-order chi connectivity index (χ0) is 16.9. The summed E-state index contributed by atoms with van der Waals surface area (Å²) in [6.07, 6.45) is 0. The molecule has 3 rings (SSSR count). The van der Waals surface area contributed by atoms with E-state index in [-0.39, 0.29) is 18.3 Å². The molecule has 1 N–H and O–H groups in total. The quantitative estimate of drug-likeness (QED) is 0.704. The van der Waals surface area contributed by atoms with Gasteiger partial charge in [-0.25, -0.2) is 0 Å². The lowest BCUT2D eigenvalue weighted by Gasteiger charge is -2.05. The van der Waals surface area contributed by atoms with Crippen molar-refractivity contribution >= 4 is 23.2 Å². The van der Waals surface area contributed by atoms with Crippen LogP contribution in [-0.4, -0.2) is 5.91 Å². The number of benzene rings is 2. The third-order valence-electron chi connectivity index (χ3n) is 3.39. The van der Waals surface area contributed by atoms with Gasteiger partial charge in [0.25, 0.3) is 5.91 Å². The van der Waals surface area contributed by atoms with Crippen molar-refractivity contribution < 1.29 is 13.9 Å². The average molecular weight is 342 g/mol. The van der Waals surface area contributed by atoms with Crippen molar-refractivity contribution in [3.05, 3.63) is 82.8 Å². The lowest BCUT2D eigenvalue weighted by molar-refractivity contribution is 0.0992. The predicted octanol–water partition coefficient (Wildman–Crippen LogP) is 5.07. The molecular weight excluding hydrogens is 326 g/mol. The Labute approximate surface area is 145 Å². The monoisotopic (exact) mass is 341 g/mol. The van der Waals surface area contributed by atoms with E-state index < -0.39 is 0 Å². The Balaban J connectivity index is 1.59. The maximum absolute atomic E-state index is 12.2. The van der Waals surface area contributed by atoms with Crippen molar-refractivity contribution in [2.45, 2.75) is 13.5 Å². The molecule has 4 nitrogen and oxygen atoms in total. The molecule has 1 aromatic heterocycles. The number of amides is 1. The first-order valence-electron chi connectivity index (χ1n) is 7.45. The van der Waals surface area contributed by atoms with Crippen LogP contribution in [0.1, 0.15) is 21.9 Å². The highest BCUT2D eigenvalue weighted by molar-refractivity contribution is 6.30. The smallest absolute Gasteiger partial charge is 0.291 e. The molecule has 122 valence electrons. The molecule has 1 heterocycles. The number of nitrogens with one attached hydrogen (secondary N) is 1. The number of anilines is 1. The molecule has 2 aromatic carbocycles. The SMILES string of the molecule is Cc1ccc(NC(=O)c2ccc(COc3ccc(Cl)cc3)o2)cc1. The molecule has 0 saturated heterocycles. The highest BCUT2D eigenvalue weighted by Gasteiger charge is 2.12. The van der Waals surface area contributed by atoms with Crippen molar-refractivity contribution in [3.8, 4) is 5.75 Å². The summed E-state index contributed by atoms with van der Waals surface area (Å²) in [6, 6.07) is 18.0. The third-order valence-corrected chi connectivity index (χ3v) is 3.64. The van der Waals surface area contributed by atoms with Gasteiger partial charge in [-0.1, -0.05) is 29.3 Å². The number of hydrogen-bond donors (Lipinski definition) is 1. The predicted molar refractivity (Wildman–Crippen MR) is 93.6 cm³/mol. The van der Waals surface area contributed by atoms with E-state index in [1.165, 1.54) is 0 Å². The largest absolute Gasteiger partial charge is 0.486 e. The first-order chi connectivity index (χ1) is 11.6. The Bertz CT molecular complexity index is 823. The minimum atomic E-state index is -0.295. The summed E-state index contributed by atoms with van der Waals surface area (Å²) in [5.74, 6) is 1.20. The fourth-order valence-electron chi connectivity index (χ4n) is 2.09. The van der Waals surface area contributed by atoms with Crippen LogP contribution in [0, 0.1) is 6.92 Å². The standard InChI is InChI=1S/C19H16ClNO3/c1-13-2-6-15(7-3-13)21-19(22)18-11-10-17(24-18)12-23-16-8-4-14(20)5-9-16/h2-11H,12H2,1H3,(H,21,22). The topological polar surface area (TPSA) is 51.5 Å². The number of ether oxygens (including phenoxy) is 1. The maximum Gasteiger partial charge on any atom is 0.291 e. The molecule has 0 bridgehead atoms. The zero-order valence-corrected chi connectivity index (χ0v) is 13.8. The maximum atomic E-state index is 12.2. The minimum absolute atomic E-state index is 0.236. The van der Waals surface area contributed by atoms with E-state index in [2.05, 4.69) is 5.32 Å². The van der Waals surface area contributed by atoms with Gasteiger partial charge in [-0.3, -0.25) is 4.79 Å². The Hall–Kier alpha value is -2.72. The van der Waals surface area contributed by atoms with E-state index in [1.54, 1.807) is 36.4 Å². The summed E-state index contributed by atoms with van der Waals surface area (Å²) in [5, 5.41) is 3.44. The Morgan fingerprint density at radius 1 is 1.04 bits per heavy atom. The van der Waals surface area contributed by atoms with E-state index in [0.29, 0.717) is 16.5 Å². The average Bonchev–Trinajstić information content (AvgIpc) is 3.06. The van der Waals surface area contributed by atoms with Crippen LogP contribution in [0.5, 0.6) is 5.75 Å². The molecule has 0 spiro atoms. The van der Waals surface area contributed by atoms with Gasteiger partial charge in [0.15, 0.2) is 5.76 Å². The fraction of sp³-hybridized carbons (Fsp3) is 0.105. The molecule has 0 saturated carbocycles. The van der Waals surface area contributed by atoms with Crippen LogP contribution >= 0.6 is 11.6 Å². The molecule has 0 aliphatic carbocycles. The molecular formula is C19H16ClNO3. The van der Waals surface area contributed by atoms with E-state index in [4.69, 9.17) is 20.8 Å². The second kappa shape index (κ2) is 7.23. The number of furan rings is 1. The summed E-state index contributed by atoms with van der Waals surface area (Å²) >= 11 is 5.82. The number of carbonyl (C=O) groups is 1. The van der Waals surface area contributed by atoms with Crippen LogP contribution in [0.25, 0.3) is 0 Å². The summed E-state index contributed by atoms with van der Waals surface area (Å²) in [5.41, 5.74) is 1.86. The first kappa shape index (κ1) is 16.1. The van der Waals surface area contributed by atoms with Crippen molar-refractivity contribution in [2.75, 3.05) is 5.32 Å². The summed E-state index contributed by atoms with van der Waals surface area (Å²) in [4.78, 5) is 12.2. The van der Waals surface area contributed by atoms with Crippen molar-refractivity contribution in [1.82, 2.24) is 0 Å². The fourth-order valence-corrected chi connectivity index (χ4v) is 2.22. The van der Waals surface area contributed by atoms with Gasteiger partial charge in [0, 0.05) is 10.7 Å². The molecule has 0 atom stereocenters.